The van der Waals surface area contributed by atoms with Gasteiger partial charge in [-0.05, 0) is 48.9 Å². The summed E-state index contributed by atoms with van der Waals surface area (Å²) in [6.07, 6.45) is 1.72. The highest BCUT2D eigenvalue weighted by atomic mass is 32.1. The Bertz CT molecular complexity index is 957. The summed E-state index contributed by atoms with van der Waals surface area (Å²) in [4.78, 5) is 14.0. The van der Waals surface area contributed by atoms with E-state index in [1.54, 1.807) is 35.1 Å². The summed E-state index contributed by atoms with van der Waals surface area (Å²) in [7, 11) is 1.86. The van der Waals surface area contributed by atoms with Gasteiger partial charge in [0.15, 0.2) is 5.69 Å². The normalized spacial score (nSPS) is 12.6. The molecule has 1 aromatic carbocycles. The molecule has 0 saturated carbocycles. The number of halogens is 1. The van der Waals surface area contributed by atoms with E-state index < -0.39 is 0 Å². The van der Waals surface area contributed by atoms with E-state index in [0.29, 0.717) is 16.9 Å². The van der Waals surface area contributed by atoms with E-state index in [4.69, 9.17) is 0 Å². The van der Waals surface area contributed by atoms with E-state index in [0.717, 1.165) is 29.7 Å². The van der Waals surface area contributed by atoms with E-state index >= 15 is 0 Å². The molecule has 3 aromatic rings. The van der Waals surface area contributed by atoms with Crippen LogP contribution < -0.4 is 5.32 Å². The minimum atomic E-state index is -0.334. The molecular weight excluding hydrogens is 325 g/mol. The zero-order chi connectivity index (χ0) is 16.8. The highest BCUT2D eigenvalue weighted by Crippen LogP contribution is 2.37. The van der Waals surface area contributed by atoms with Crippen molar-refractivity contribution >= 4 is 22.9 Å². The number of carbonyl (C=O) groups excluding carboxylic acids is 1. The minimum Gasteiger partial charge on any atom is -0.320 e. The summed E-state index contributed by atoms with van der Waals surface area (Å²) < 4.78 is 15.4. The molecule has 0 atom stereocenters. The van der Waals surface area contributed by atoms with Crippen LogP contribution >= 0.6 is 11.3 Å². The maximum absolute atomic E-state index is 13.7. The minimum absolute atomic E-state index is 0.297. The SMILES string of the molecule is Cc1ccc(NC(=O)c2nn(C)c3c2CCc2sccc2-3)cc1F. The third-order valence-electron chi connectivity index (χ3n) is 4.39. The molecule has 2 aromatic heterocycles. The molecule has 0 radical (unpaired) electrons. The molecule has 0 aliphatic heterocycles. The second kappa shape index (κ2) is 5.56. The number of nitrogens with zero attached hydrogens (tertiary/aromatic N) is 2. The van der Waals surface area contributed by atoms with Gasteiger partial charge < -0.3 is 5.32 Å². The first kappa shape index (κ1) is 15.1. The van der Waals surface area contributed by atoms with E-state index in [1.165, 1.54) is 10.9 Å². The molecule has 24 heavy (non-hydrogen) atoms. The van der Waals surface area contributed by atoms with Crippen molar-refractivity contribution in [2.45, 2.75) is 19.8 Å². The molecule has 1 aliphatic carbocycles. The summed E-state index contributed by atoms with van der Waals surface area (Å²) in [5.41, 5.74) is 4.55. The highest BCUT2D eigenvalue weighted by molar-refractivity contribution is 7.10. The van der Waals surface area contributed by atoms with Crippen molar-refractivity contribution in [3.63, 3.8) is 0 Å². The van der Waals surface area contributed by atoms with Gasteiger partial charge in [-0.15, -0.1) is 11.3 Å². The maximum Gasteiger partial charge on any atom is 0.276 e. The third-order valence-corrected chi connectivity index (χ3v) is 5.37. The Balaban J connectivity index is 1.69. The number of aryl methyl sites for hydroxylation is 3. The van der Waals surface area contributed by atoms with Gasteiger partial charge in [0.25, 0.3) is 5.91 Å². The number of rotatable bonds is 2. The first-order valence-corrected chi connectivity index (χ1v) is 8.62. The van der Waals surface area contributed by atoms with Crippen LogP contribution in [-0.2, 0) is 19.9 Å². The van der Waals surface area contributed by atoms with E-state index in [1.807, 2.05) is 7.05 Å². The smallest absolute Gasteiger partial charge is 0.276 e. The van der Waals surface area contributed by atoms with E-state index in [9.17, 15) is 9.18 Å². The van der Waals surface area contributed by atoms with E-state index in [2.05, 4.69) is 21.9 Å². The van der Waals surface area contributed by atoms with Crippen LogP contribution in [0, 0.1) is 12.7 Å². The number of amides is 1. The van der Waals surface area contributed by atoms with Crippen LogP contribution in [0.15, 0.2) is 29.6 Å². The van der Waals surface area contributed by atoms with Crippen molar-refractivity contribution < 1.29 is 9.18 Å². The molecule has 1 N–H and O–H groups in total. The van der Waals surface area contributed by atoms with Crippen molar-refractivity contribution in [3.05, 3.63) is 57.2 Å². The molecule has 6 heteroatoms. The fourth-order valence-corrected chi connectivity index (χ4v) is 4.05. The molecule has 0 unspecified atom stereocenters. The van der Waals surface area contributed by atoms with Crippen molar-refractivity contribution in [2.24, 2.45) is 7.05 Å². The largest absolute Gasteiger partial charge is 0.320 e. The number of anilines is 1. The number of hydrogen-bond donors (Lipinski definition) is 1. The van der Waals surface area contributed by atoms with Gasteiger partial charge in [0, 0.05) is 28.7 Å². The molecule has 1 amide bonds. The topological polar surface area (TPSA) is 46.9 Å². The Hall–Kier alpha value is -2.47. The Morgan fingerprint density at radius 1 is 1.33 bits per heavy atom. The van der Waals surface area contributed by atoms with Gasteiger partial charge in [-0.3, -0.25) is 9.48 Å². The predicted molar refractivity (Wildman–Crippen MR) is 93.0 cm³/mol. The molecular formula is C18H16FN3OS. The average Bonchev–Trinajstić information content (AvgIpc) is 3.15. The van der Waals surface area contributed by atoms with Crippen LogP contribution in [0.1, 0.15) is 26.5 Å². The van der Waals surface area contributed by atoms with Gasteiger partial charge in [-0.25, -0.2) is 4.39 Å². The fraction of sp³-hybridized carbons (Fsp3) is 0.222. The average molecular weight is 341 g/mol. The standard InChI is InChI=1S/C18H16FN3OS/c1-10-3-4-11(9-14(10)19)20-18(23)16-13-5-6-15-12(7-8-24-15)17(13)22(2)21-16/h3-4,7-9H,5-6H2,1-2H3,(H,20,23). The Kier molecular flexibility index (Phi) is 3.49. The molecule has 0 bridgehead atoms. The summed E-state index contributed by atoms with van der Waals surface area (Å²) in [6, 6.07) is 6.76. The Morgan fingerprint density at radius 3 is 2.96 bits per heavy atom. The van der Waals surface area contributed by atoms with Crippen molar-refractivity contribution in [2.75, 3.05) is 5.32 Å². The van der Waals surface area contributed by atoms with Gasteiger partial charge in [-0.2, -0.15) is 5.10 Å². The Morgan fingerprint density at radius 2 is 2.17 bits per heavy atom. The molecule has 0 fully saturated rings. The number of thiophene rings is 1. The fourth-order valence-electron chi connectivity index (χ4n) is 3.17. The second-order valence-electron chi connectivity index (χ2n) is 5.97. The van der Waals surface area contributed by atoms with Gasteiger partial charge >= 0.3 is 0 Å². The van der Waals surface area contributed by atoms with Crippen molar-refractivity contribution in [1.29, 1.82) is 0 Å². The van der Waals surface area contributed by atoms with Crippen LogP contribution in [-0.4, -0.2) is 15.7 Å². The molecule has 2 heterocycles. The van der Waals surface area contributed by atoms with Crippen LogP contribution in [0.25, 0.3) is 11.3 Å². The molecule has 4 rings (SSSR count). The van der Waals surface area contributed by atoms with Crippen molar-refractivity contribution in [3.8, 4) is 11.3 Å². The van der Waals surface area contributed by atoms with E-state index in [-0.39, 0.29) is 11.7 Å². The predicted octanol–water partition coefficient (Wildman–Crippen LogP) is 3.95. The number of hydrogen-bond acceptors (Lipinski definition) is 3. The molecule has 1 aliphatic rings. The molecule has 4 nitrogen and oxygen atoms in total. The summed E-state index contributed by atoms with van der Waals surface area (Å²) in [5.74, 6) is -0.632. The van der Waals surface area contributed by atoms with Crippen LogP contribution in [0.3, 0.4) is 0 Å². The highest BCUT2D eigenvalue weighted by Gasteiger charge is 2.27. The summed E-state index contributed by atoms with van der Waals surface area (Å²) in [6.45, 7) is 1.69. The first-order valence-electron chi connectivity index (χ1n) is 7.74. The zero-order valence-electron chi connectivity index (χ0n) is 13.4. The lowest BCUT2D eigenvalue weighted by molar-refractivity contribution is 0.102. The summed E-state index contributed by atoms with van der Waals surface area (Å²) >= 11 is 1.74. The molecule has 0 saturated heterocycles. The number of carbonyl (C=O) groups is 1. The van der Waals surface area contributed by atoms with Crippen LogP contribution in [0.5, 0.6) is 0 Å². The van der Waals surface area contributed by atoms with Crippen LogP contribution in [0.2, 0.25) is 0 Å². The monoisotopic (exact) mass is 341 g/mol. The lowest BCUT2D eigenvalue weighted by Crippen LogP contribution is -2.15. The van der Waals surface area contributed by atoms with Gasteiger partial charge in [0.1, 0.15) is 5.82 Å². The first-order chi connectivity index (χ1) is 11.5. The summed E-state index contributed by atoms with van der Waals surface area (Å²) in [5, 5.41) is 9.25. The van der Waals surface area contributed by atoms with Gasteiger partial charge in [0.05, 0.1) is 5.69 Å². The quantitative estimate of drug-likeness (QED) is 0.767. The lowest BCUT2D eigenvalue weighted by Gasteiger charge is -2.13. The molecule has 122 valence electrons. The number of fused-ring (bicyclic) bond motifs is 3. The second-order valence-corrected chi connectivity index (χ2v) is 6.98. The Labute approximate surface area is 142 Å². The maximum atomic E-state index is 13.7. The third kappa shape index (κ3) is 2.34. The number of aromatic nitrogens is 2. The lowest BCUT2D eigenvalue weighted by atomic mass is 9.94. The number of nitrogens with one attached hydrogen (secondary N) is 1. The van der Waals surface area contributed by atoms with Gasteiger partial charge in [-0.1, -0.05) is 6.07 Å². The zero-order valence-corrected chi connectivity index (χ0v) is 14.2. The van der Waals surface area contributed by atoms with Crippen LogP contribution in [0.4, 0.5) is 10.1 Å². The molecule has 0 spiro atoms. The number of benzene rings is 1. The van der Waals surface area contributed by atoms with Crippen molar-refractivity contribution in [1.82, 2.24) is 9.78 Å². The van der Waals surface area contributed by atoms with Gasteiger partial charge in [0.2, 0.25) is 0 Å².